The second kappa shape index (κ2) is 8.56. The molecule has 0 saturated carbocycles. The lowest BCUT2D eigenvalue weighted by Gasteiger charge is -2.41. The molecule has 3 aromatic carbocycles. The van der Waals surface area contributed by atoms with Crippen LogP contribution in [-0.2, 0) is 9.59 Å². The Balaban J connectivity index is 1.81. The van der Waals surface area contributed by atoms with Gasteiger partial charge in [0.05, 0.1) is 0 Å². The Morgan fingerprint density at radius 3 is 2.16 bits per heavy atom. The SMILES string of the molecule is Cc1ccccc1N1CC(=O)N(c2ccc(Cl)cc2)[C@H](c2ccc(C(C)C)cc2)C1=O. The number of carbonyl (C=O) groups is 2. The molecule has 4 rings (SSSR count). The molecule has 1 saturated heterocycles. The van der Waals surface area contributed by atoms with Crippen molar-refractivity contribution in [1.29, 1.82) is 0 Å². The Hall–Kier alpha value is -3.11. The number of hydrogen-bond acceptors (Lipinski definition) is 2. The molecule has 0 unspecified atom stereocenters. The number of hydrogen-bond donors (Lipinski definition) is 0. The van der Waals surface area contributed by atoms with Crippen molar-refractivity contribution >= 4 is 34.8 Å². The van der Waals surface area contributed by atoms with Gasteiger partial charge in [-0.2, -0.15) is 0 Å². The highest BCUT2D eigenvalue weighted by Crippen LogP contribution is 2.36. The lowest BCUT2D eigenvalue weighted by molar-refractivity contribution is -0.128. The summed E-state index contributed by atoms with van der Waals surface area (Å²) in [5.41, 5.74) is 4.35. The number of carbonyl (C=O) groups excluding carboxylic acids is 2. The molecule has 0 spiro atoms. The molecule has 0 aromatic heterocycles. The van der Waals surface area contributed by atoms with Gasteiger partial charge < -0.3 is 4.90 Å². The molecule has 1 aliphatic heterocycles. The molecule has 1 aliphatic rings. The summed E-state index contributed by atoms with van der Waals surface area (Å²) in [4.78, 5) is 30.4. The largest absolute Gasteiger partial charge is 0.301 e. The van der Waals surface area contributed by atoms with Gasteiger partial charge in [-0.05, 0) is 59.9 Å². The van der Waals surface area contributed by atoms with Crippen LogP contribution in [0.15, 0.2) is 72.8 Å². The van der Waals surface area contributed by atoms with Gasteiger partial charge in [-0.1, -0.05) is 67.9 Å². The van der Waals surface area contributed by atoms with Crippen molar-refractivity contribution in [3.8, 4) is 0 Å². The van der Waals surface area contributed by atoms with Crippen molar-refractivity contribution in [3.63, 3.8) is 0 Å². The van der Waals surface area contributed by atoms with Crippen LogP contribution in [0.2, 0.25) is 5.02 Å². The normalized spacial score (nSPS) is 16.9. The number of piperazine rings is 1. The van der Waals surface area contributed by atoms with E-state index in [0.717, 1.165) is 16.8 Å². The fourth-order valence-electron chi connectivity index (χ4n) is 4.01. The summed E-state index contributed by atoms with van der Waals surface area (Å²) in [7, 11) is 0. The number of halogens is 1. The van der Waals surface area contributed by atoms with Crippen LogP contribution < -0.4 is 9.80 Å². The van der Waals surface area contributed by atoms with E-state index in [1.54, 1.807) is 34.1 Å². The van der Waals surface area contributed by atoms with Gasteiger partial charge in [0.2, 0.25) is 5.91 Å². The van der Waals surface area contributed by atoms with Crippen molar-refractivity contribution in [2.45, 2.75) is 32.7 Å². The fourth-order valence-corrected chi connectivity index (χ4v) is 4.14. The van der Waals surface area contributed by atoms with Gasteiger partial charge in [-0.25, -0.2) is 0 Å². The van der Waals surface area contributed by atoms with E-state index in [1.165, 1.54) is 5.56 Å². The van der Waals surface area contributed by atoms with E-state index in [-0.39, 0.29) is 18.4 Å². The van der Waals surface area contributed by atoms with Gasteiger partial charge in [0.15, 0.2) is 0 Å². The average molecular weight is 433 g/mol. The molecule has 158 valence electrons. The van der Waals surface area contributed by atoms with Crippen molar-refractivity contribution in [1.82, 2.24) is 0 Å². The molecular formula is C26H25ClN2O2. The molecule has 31 heavy (non-hydrogen) atoms. The molecule has 3 aromatic rings. The first kappa shape index (κ1) is 21.1. The number of anilines is 2. The minimum Gasteiger partial charge on any atom is -0.301 e. The molecule has 2 amide bonds. The molecule has 1 fully saturated rings. The van der Waals surface area contributed by atoms with Crippen molar-refractivity contribution in [2.24, 2.45) is 0 Å². The van der Waals surface area contributed by atoms with Gasteiger partial charge in [0.25, 0.3) is 5.91 Å². The summed E-state index contributed by atoms with van der Waals surface area (Å²) < 4.78 is 0. The Labute approximate surface area is 188 Å². The maximum absolute atomic E-state index is 13.8. The first-order valence-corrected chi connectivity index (χ1v) is 10.8. The van der Waals surface area contributed by atoms with Gasteiger partial charge in [0.1, 0.15) is 12.6 Å². The van der Waals surface area contributed by atoms with Crippen LogP contribution in [0.1, 0.15) is 42.5 Å². The lowest BCUT2D eigenvalue weighted by atomic mass is 9.95. The molecule has 1 heterocycles. The summed E-state index contributed by atoms with van der Waals surface area (Å²) >= 11 is 6.06. The summed E-state index contributed by atoms with van der Waals surface area (Å²) in [6.07, 6.45) is 0. The van der Waals surface area contributed by atoms with Gasteiger partial charge >= 0.3 is 0 Å². The van der Waals surface area contributed by atoms with Gasteiger partial charge in [-0.3, -0.25) is 14.5 Å². The zero-order valence-corrected chi connectivity index (χ0v) is 18.6. The van der Waals surface area contributed by atoms with Crippen molar-refractivity contribution in [2.75, 3.05) is 16.3 Å². The zero-order valence-electron chi connectivity index (χ0n) is 17.9. The van der Waals surface area contributed by atoms with E-state index in [0.29, 0.717) is 16.6 Å². The van der Waals surface area contributed by atoms with Crippen LogP contribution in [0.25, 0.3) is 0 Å². The average Bonchev–Trinajstić information content (AvgIpc) is 2.76. The standard InChI is InChI=1S/C26H25ClN2O2/c1-17(2)19-8-10-20(11-9-19)25-26(31)28(23-7-5-4-6-18(23)3)16-24(30)29(25)22-14-12-21(27)13-15-22/h4-15,17,25H,16H2,1-3H3/t25-/m1/s1. The van der Waals surface area contributed by atoms with Gasteiger partial charge in [0, 0.05) is 16.4 Å². The summed E-state index contributed by atoms with van der Waals surface area (Å²) in [6.45, 7) is 6.20. The predicted molar refractivity (Wildman–Crippen MR) is 126 cm³/mol. The number of para-hydroxylation sites is 1. The molecule has 0 N–H and O–H groups in total. The van der Waals surface area contributed by atoms with E-state index in [4.69, 9.17) is 11.6 Å². The molecule has 0 radical (unpaired) electrons. The van der Waals surface area contributed by atoms with Crippen LogP contribution in [0.3, 0.4) is 0 Å². The minimum atomic E-state index is -0.747. The highest BCUT2D eigenvalue weighted by atomic mass is 35.5. The number of amides is 2. The van der Waals surface area contributed by atoms with E-state index < -0.39 is 6.04 Å². The lowest BCUT2D eigenvalue weighted by Crippen LogP contribution is -2.56. The summed E-state index contributed by atoms with van der Waals surface area (Å²) in [5.74, 6) is 0.123. The first-order chi connectivity index (χ1) is 14.9. The van der Waals surface area contributed by atoms with Crippen molar-refractivity contribution < 1.29 is 9.59 Å². The first-order valence-electron chi connectivity index (χ1n) is 10.4. The number of aryl methyl sites for hydroxylation is 1. The third kappa shape index (κ3) is 4.08. The molecule has 0 bridgehead atoms. The summed E-state index contributed by atoms with van der Waals surface area (Å²) in [6, 6.07) is 21.9. The number of benzene rings is 3. The third-order valence-corrected chi connectivity index (χ3v) is 6.00. The highest BCUT2D eigenvalue weighted by Gasteiger charge is 2.42. The smallest absolute Gasteiger partial charge is 0.255 e. The number of rotatable bonds is 4. The maximum Gasteiger partial charge on any atom is 0.255 e. The Kier molecular flexibility index (Phi) is 5.84. The molecule has 5 heteroatoms. The molecular weight excluding hydrogens is 408 g/mol. The van der Waals surface area contributed by atoms with E-state index in [9.17, 15) is 9.59 Å². The van der Waals surface area contributed by atoms with Crippen LogP contribution >= 0.6 is 11.6 Å². The zero-order chi connectivity index (χ0) is 22.1. The Bertz CT molecular complexity index is 1110. The van der Waals surface area contributed by atoms with Crippen LogP contribution in [0, 0.1) is 6.92 Å². The molecule has 4 nitrogen and oxygen atoms in total. The quantitative estimate of drug-likeness (QED) is 0.515. The van der Waals surface area contributed by atoms with E-state index in [2.05, 4.69) is 13.8 Å². The van der Waals surface area contributed by atoms with Crippen molar-refractivity contribution in [3.05, 3.63) is 94.5 Å². The highest BCUT2D eigenvalue weighted by molar-refractivity contribution is 6.30. The summed E-state index contributed by atoms with van der Waals surface area (Å²) in [5, 5.41) is 0.582. The van der Waals surface area contributed by atoms with E-state index >= 15 is 0 Å². The predicted octanol–water partition coefficient (Wildman–Crippen LogP) is 5.89. The number of nitrogens with zero attached hydrogens (tertiary/aromatic N) is 2. The molecule has 0 aliphatic carbocycles. The second-order valence-corrected chi connectivity index (χ2v) is 8.61. The Morgan fingerprint density at radius 1 is 0.903 bits per heavy atom. The van der Waals surface area contributed by atoms with Crippen LogP contribution in [0.5, 0.6) is 0 Å². The third-order valence-electron chi connectivity index (χ3n) is 5.75. The fraction of sp³-hybridized carbons (Fsp3) is 0.231. The monoisotopic (exact) mass is 432 g/mol. The maximum atomic E-state index is 13.8. The van der Waals surface area contributed by atoms with Crippen LogP contribution in [-0.4, -0.2) is 18.4 Å². The van der Waals surface area contributed by atoms with Gasteiger partial charge in [-0.15, -0.1) is 0 Å². The Morgan fingerprint density at radius 2 is 1.55 bits per heavy atom. The minimum absolute atomic E-state index is 0.00705. The topological polar surface area (TPSA) is 40.6 Å². The second-order valence-electron chi connectivity index (χ2n) is 8.17. The van der Waals surface area contributed by atoms with Crippen LogP contribution in [0.4, 0.5) is 11.4 Å². The van der Waals surface area contributed by atoms with E-state index in [1.807, 2.05) is 55.5 Å². The molecule has 1 atom stereocenters.